The summed E-state index contributed by atoms with van der Waals surface area (Å²) in [6.07, 6.45) is 8.36. The maximum Gasteiger partial charge on any atom is 0.138 e. The monoisotopic (exact) mass is 505 g/mol. The number of fused-ring (bicyclic) bond motifs is 1. The first-order valence-electron chi connectivity index (χ1n) is 12.2. The lowest BCUT2D eigenvalue weighted by atomic mass is 9.98. The van der Waals surface area contributed by atoms with Crippen LogP contribution in [0.1, 0.15) is 36.8 Å². The standard InChI is InChI=1S/C29H29Cl2N3O/c1-18-11-19(2)13-21(12-18)25-17-33-27-15-26(30)23(20-6-7-28(31)34-16-20)14-24(27)29(25)35-10-8-22-5-3-4-9-32-22/h6-7,11-17,22,32H,3-5,8-10H2,1-2H3. The van der Waals surface area contributed by atoms with E-state index < -0.39 is 0 Å². The minimum Gasteiger partial charge on any atom is -0.492 e. The molecule has 0 saturated carbocycles. The summed E-state index contributed by atoms with van der Waals surface area (Å²) < 4.78 is 6.58. The Hall–Kier alpha value is -2.66. The highest BCUT2D eigenvalue weighted by molar-refractivity contribution is 6.34. The summed E-state index contributed by atoms with van der Waals surface area (Å²) in [7, 11) is 0. The van der Waals surface area contributed by atoms with Crippen molar-refractivity contribution in [3.05, 3.63) is 76.2 Å². The van der Waals surface area contributed by atoms with Crippen LogP contribution in [0.15, 0.2) is 54.9 Å². The van der Waals surface area contributed by atoms with Gasteiger partial charge >= 0.3 is 0 Å². The first-order valence-corrected chi connectivity index (χ1v) is 12.9. The van der Waals surface area contributed by atoms with Crippen molar-refractivity contribution in [3.8, 4) is 28.0 Å². The largest absolute Gasteiger partial charge is 0.492 e. The second-order valence-electron chi connectivity index (χ2n) is 9.38. The third-order valence-corrected chi connectivity index (χ3v) is 7.14. The summed E-state index contributed by atoms with van der Waals surface area (Å²) in [5.41, 5.74) is 7.09. The molecule has 1 unspecified atom stereocenters. The van der Waals surface area contributed by atoms with Gasteiger partial charge in [0.1, 0.15) is 10.9 Å². The molecule has 4 nitrogen and oxygen atoms in total. The molecule has 1 aliphatic rings. The van der Waals surface area contributed by atoms with Gasteiger partial charge in [-0.3, -0.25) is 4.98 Å². The van der Waals surface area contributed by atoms with E-state index in [1.807, 2.05) is 18.3 Å². The van der Waals surface area contributed by atoms with Crippen molar-refractivity contribution >= 4 is 34.1 Å². The molecule has 2 aromatic heterocycles. The van der Waals surface area contributed by atoms with Crippen LogP contribution in [0, 0.1) is 13.8 Å². The zero-order chi connectivity index (χ0) is 24.4. The Labute approximate surface area is 216 Å². The summed E-state index contributed by atoms with van der Waals surface area (Å²) in [5, 5.41) is 5.62. The van der Waals surface area contributed by atoms with E-state index in [1.165, 1.54) is 30.4 Å². The summed E-state index contributed by atoms with van der Waals surface area (Å²) >= 11 is 12.7. The predicted molar refractivity (Wildman–Crippen MR) is 146 cm³/mol. The maximum absolute atomic E-state index is 6.68. The fourth-order valence-corrected chi connectivity index (χ4v) is 5.29. The second-order valence-corrected chi connectivity index (χ2v) is 10.2. The average molecular weight is 506 g/mol. The molecule has 0 bridgehead atoms. The van der Waals surface area contributed by atoms with Gasteiger partial charge in [-0.05, 0) is 69.5 Å². The van der Waals surface area contributed by atoms with Crippen LogP contribution in [0.2, 0.25) is 10.2 Å². The number of rotatable bonds is 6. The number of aryl methyl sites for hydroxylation is 2. The van der Waals surface area contributed by atoms with Crippen LogP contribution in [0.25, 0.3) is 33.2 Å². The number of hydrogen-bond donors (Lipinski definition) is 1. The second kappa shape index (κ2) is 10.5. The number of hydrogen-bond acceptors (Lipinski definition) is 4. The third-order valence-electron chi connectivity index (χ3n) is 6.60. The van der Waals surface area contributed by atoms with Gasteiger partial charge in [0, 0.05) is 40.5 Å². The average Bonchev–Trinajstić information content (AvgIpc) is 2.84. The quantitative estimate of drug-likeness (QED) is 0.271. The van der Waals surface area contributed by atoms with Crippen LogP contribution in [0.4, 0.5) is 0 Å². The van der Waals surface area contributed by atoms with Gasteiger partial charge in [0.15, 0.2) is 0 Å². The third kappa shape index (κ3) is 5.45. The summed E-state index contributed by atoms with van der Waals surface area (Å²) in [6, 6.07) is 14.7. The van der Waals surface area contributed by atoms with E-state index in [9.17, 15) is 0 Å². The number of nitrogens with one attached hydrogen (secondary N) is 1. The Kier molecular flexibility index (Phi) is 7.24. The summed E-state index contributed by atoms with van der Waals surface area (Å²) in [5.74, 6) is 0.843. The highest BCUT2D eigenvalue weighted by Crippen LogP contribution is 2.40. The summed E-state index contributed by atoms with van der Waals surface area (Å²) in [4.78, 5) is 9.01. The van der Waals surface area contributed by atoms with Crippen molar-refractivity contribution in [2.45, 2.75) is 45.6 Å². The Morgan fingerprint density at radius 1 is 0.914 bits per heavy atom. The predicted octanol–water partition coefficient (Wildman–Crippen LogP) is 7.80. The molecule has 3 heterocycles. The van der Waals surface area contributed by atoms with Crippen molar-refractivity contribution < 1.29 is 4.74 Å². The SMILES string of the molecule is Cc1cc(C)cc(-c2cnc3cc(Cl)c(-c4ccc(Cl)nc4)cc3c2OCCC2CCCCN2)c1. The first kappa shape index (κ1) is 24.1. The zero-order valence-electron chi connectivity index (χ0n) is 20.1. The normalized spacial score (nSPS) is 15.9. The minimum atomic E-state index is 0.449. The summed E-state index contributed by atoms with van der Waals surface area (Å²) in [6.45, 7) is 5.96. The van der Waals surface area contributed by atoms with Crippen molar-refractivity contribution in [2.24, 2.45) is 0 Å². The van der Waals surface area contributed by atoms with Crippen LogP contribution >= 0.6 is 23.2 Å². The van der Waals surface area contributed by atoms with E-state index in [0.717, 1.165) is 51.9 Å². The van der Waals surface area contributed by atoms with Crippen LogP contribution in [-0.4, -0.2) is 29.2 Å². The topological polar surface area (TPSA) is 47.0 Å². The van der Waals surface area contributed by atoms with Gasteiger partial charge in [0.2, 0.25) is 0 Å². The van der Waals surface area contributed by atoms with Gasteiger partial charge in [-0.15, -0.1) is 0 Å². The number of benzene rings is 2. The fraction of sp³-hybridized carbons (Fsp3) is 0.310. The smallest absolute Gasteiger partial charge is 0.138 e. The van der Waals surface area contributed by atoms with E-state index in [-0.39, 0.29) is 0 Å². The fourth-order valence-electron chi connectivity index (χ4n) is 4.91. The molecule has 0 radical (unpaired) electrons. The van der Waals surface area contributed by atoms with E-state index >= 15 is 0 Å². The number of aromatic nitrogens is 2. The van der Waals surface area contributed by atoms with E-state index in [0.29, 0.717) is 22.8 Å². The minimum absolute atomic E-state index is 0.449. The van der Waals surface area contributed by atoms with E-state index in [2.05, 4.69) is 48.4 Å². The van der Waals surface area contributed by atoms with Crippen molar-refractivity contribution in [1.29, 1.82) is 0 Å². The van der Waals surface area contributed by atoms with Gasteiger partial charge in [-0.1, -0.05) is 58.9 Å². The molecule has 1 atom stereocenters. The van der Waals surface area contributed by atoms with Gasteiger partial charge in [-0.25, -0.2) is 4.98 Å². The molecule has 5 rings (SSSR count). The lowest BCUT2D eigenvalue weighted by Crippen LogP contribution is -2.35. The number of halogens is 2. The molecule has 1 fully saturated rings. The highest BCUT2D eigenvalue weighted by Gasteiger charge is 2.18. The van der Waals surface area contributed by atoms with Crippen LogP contribution < -0.4 is 10.1 Å². The van der Waals surface area contributed by atoms with Crippen molar-refractivity contribution in [3.63, 3.8) is 0 Å². The number of ether oxygens (including phenoxy) is 1. The lowest BCUT2D eigenvalue weighted by molar-refractivity contribution is 0.271. The molecule has 0 amide bonds. The molecular formula is C29H29Cl2N3O. The van der Waals surface area contributed by atoms with E-state index in [1.54, 1.807) is 12.3 Å². The van der Waals surface area contributed by atoms with E-state index in [4.69, 9.17) is 32.9 Å². The number of nitrogens with zero attached hydrogens (tertiary/aromatic N) is 2. The molecule has 4 aromatic rings. The molecule has 1 N–H and O–H groups in total. The number of pyridine rings is 2. The molecule has 0 aliphatic carbocycles. The Morgan fingerprint density at radius 3 is 2.46 bits per heavy atom. The van der Waals surface area contributed by atoms with Gasteiger partial charge < -0.3 is 10.1 Å². The molecule has 0 spiro atoms. The zero-order valence-corrected chi connectivity index (χ0v) is 21.6. The molecule has 6 heteroatoms. The Morgan fingerprint density at radius 2 is 1.74 bits per heavy atom. The highest BCUT2D eigenvalue weighted by atomic mass is 35.5. The van der Waals surface area contributed by atoms with Gasteiger partial charge in [0.05, 0.1) is 17.1 Å². The first-order chi connectivity index (χ1) is 17.0. The van der Waals surface area contributed by atoms with Gasteiger partial charge in [0.25, 0.3) is 0 Å². The molecule has 180 valence electrons. The van der Waals surface area contributed by atoms with Crippen LogP contribution in [0.3, 0.4) is 0 Å². The van der Waals surface area contributed by atoms with Crippen molar-refractivity contribution in [2.75, 3.05) is 13.2 Å². The molecule has 2 aromatic carbocycles. The maximum atomic E-state index is 6.68. The lowest BCUT2D eigenvalue weighted by Gasteiger charge is -2.24. The van der Waals surface area contributed by atoms with Crippen LogP contribution in [0.5, 0.6) is 5.75 Å². The molecule has 1 aliphatic heterocycles. The molecular weight excluding hydrogens is 477 g/mol. The molecule has 1 saturated heterocycles. The Balaban J connectivity index is 1.60. The van der Waals surface area contributed by atoms with Gasteiger partial charge in [-0.2, -0.15) is 0 Å². The molecule has 35 heavy (non-hydrogen) atoms. The number of piperidine rings is 1. The van der Waals surface area contributed by atoms with Crippen LogP contribution in [-0.2, 0) is 0 Å². The van der Waals surface area contributed by atoms with Crippen molar-refractivity contribution in [1.82, 2.24) is 15.3 Å². The Bertz CT molecular complexity index is 1330.